The van der Waals surface area contributed by atoms with Crippen LogP contribution in [0.2, 0.25) is 0 Å². The van der Waals surface area contributed by atoms with E-state index in [0.29, 0.717) is 17.6 Å². The molecule has 2 rings (SSSR count). The van der Waals surface area contributed by atoms with Crippen LogP contribution in [-0.2, 0) is 9.53 Å². The molecule has 0 spiro atoms. The van der Waals surface area contributed by atoms with Crippen LogP contribution < -0.4 is 0 Å². The van der Waals surface area contributed by atoms with Gasteiger partial charge in [-0.3, -0.25) is 4.79 Å². The third-order valence-corrected chi connectivity index (χ3v) is 3.23. The van der Waals surface area contributed by atoms with Crippen LogP contribution in [0.1, 0.15) is 26.2 Å². The average Bonchev–Trinajstić information content (AvgIpc) is 2.84. The van der Waals surface area contributed by atoms with Gasteiger partial charge >= 0.3 is 0 Å². The zero-order chi connectivity index (χ0) is 8.55. The Kier molecular flexibility index (Phi) is 2.18. The molecule has 1 saturated carbocycles. The van der Waals surface area contributed by atoms with Crippen LogP contribution in [0, 0.1) is 17.8 Å². The lowest BCUT2D eigenvalue weighted by atomic mass is 9.93. The Morgan fingerprint density at radius 3 is 2.50 bits per heavy atom. The normalized spacial score (nSPS) is 36.4. The monoisotopic (exact) mass is 168 g/mol. The molecule has 12 heavy (non-hydrogen) atoms. The zero-order valence-corrected chi connectivity index (χ0v) is 7.58. The summed E-state index contributed by atoms with van der Waals surface area (Å²) in [5, 5.41) is 0. The van der Waals surface area contributed by atoms with Crippen LogP contribution >= 0.6 is 0 Å². The van der Waals surface area contributed by atoms with E-state index in [1.54, 1.807) is 6.92 Å². The summed E-state index contributed by atoms with van der Waals surface area (Å²) in [4.78, 5) is 11.0. The number of carbonyl (C=O) groups is 1. The number of rotatable bonds is 2. The van der Waals surface area contributed by atoms with Crippen LogP contribution in [0.3, 0.4) is 0 Å². The van der Waals surface area contributed by atoms with Crippen LogP contribution in [0.15, 0.2) is 0 Å². The molecule has 1 aliphatic carbocycles. The van der Waals surface area contributed by atoms with E-state index >= 15 is 0 Å². The largest absolute Gasteiger partial charge is 0.381 e. The summed E-state index contributed by atoms with van der Waals surface area (Å²) in [5.41, 5.74) is 0. The third-order valence-electron chi connectivity index (χ3n) is 3.23. The van der Waals surface area contributed by atoms with E-state index in [2.05, 4.69) is 0 Å². The average molecular weight is 168 g/mol. The van der Waals surface area contributed by atoms with Gasteiger partial charge in [-0.15, -0.1) is 0 Å². The van der Waals surface area contributed by atoms with Crippen molar-refractivity contribution >= 4 is 5.78 Å². The summed E-state index contributed by atoms with van der Waals surface area (Å²) in [6.07, 6.45) is 3.50. The van der Waals surface area contributed by atoms with Gasteiger partial charge in [0.1, 0.15) is 5.78 Å². The molecule has 2 heteroatoms. The Hall–Kier alpha value is -0.370. The first kappa shape index (κ1) is 8.24. The molecule has 0 aromatic heterocycles. The maximum absolute atomic E-state index is 11.0. The van der Waals surface area contributed by atoms with Crippen molar-refractivity contribution in [2.24, 2.45) is 17.8 Å². The van der Waals surface area contributed by atoms with Crippen molar-refractivity contribution in [1.29, 1.82) is 0 Å². The summed E-state index contributed by atoms with van der Waals surface area (Å²) >= 11 is 0. The van der Waals surface area contributed by atoms with E-state index in [1.807, 2.05) is 0 Å². The minimum absolute atomic E-state index is 0.395. The number of ether oxygens (including phenoxy) is 1. The van der Waals surface area contributed by atoms with Crippen molar-refractivity contribution in [3.8, 4) is 0 Å². The van der Waals surface area contributed by atoms with Gasteiger partial charge in [0, 0.05) is 19.1 Å². The summed E-state index contributed by atoms with van der Waals surface area (Å²) in [5.74, 6) is 2.30. The fraction of sp³-hybridized carbons (Fsp3) is 0.900. The van der Waals surface area contributed by atoms with E-state index in [1.165, 1.54) is 12.8 Å². The van der Waals surface area contributed by atoms with Gasteiger partial charge in [0.15, 0.2) is 0 Å². The second kappa shape index (κ2) is 3.17. The Bertz CT molecular complexity index is 182. The molecule has 1 aliphatic heterocycles. The van der Waals surface area contributed by atoms with E-state index in [-0.39, 0.29) is 0 Å². The minimum Gasteiger partial charge on any atom is -0.381 e. The molecule has 0 aromatic carbocycles. The molecule has 0 amide bonds. The highest BCUT2D eigenvalue weighted by atomic mass is 16.5. The van der Waals surface area contributed by atoms with Gasteiger partial charge in [0.25, 0.3) is 0 Å². The lowest BCUT2D eigenvalue weighted by Crippen LogP contribution is -2.18. The SMILES string of the molecule is CC(=O)C1CC1C1CCOCC1. The number of Topliss-reactive ketones (excluding diaryl/α,β-unsaturated/α-hetero) is 1. The Balaban J connectivity index is 1.83. The maximum atomic E-state index is 11.0. The topological polar surface area (TPSA) is 26.3 Å². The van der Waals surface area contributed by atoms with Gasteiger partial charge < -0.3 is 4.74 Å². The first-order chi connectivity index (χ1) is 5.79. The fourth-order valence-electron chi connectivity index (χ4n) is 2.35. The molecule has 2 aliphatic rings. The molecule has 0 N–H and O–H groups in total. The lowest BCUT2D eigenvalue weighted by molar-refractivity contribution is -0.118. The third kappa shape index (κ3) is 1.53. The molecular formula is C10H16O2. The van der Waals surface area contributed by atoms with Gasteiger partial charge in [-0.1, -0.05) is 0 Å². The van der Waals surface area contributed by atoms with E-state index in [9.17, 15) is 4.79 Å². The summed E-state index contributed by atoms with van der Waals surface area (Å²) in [6, 6.07) is 0. The Labute approximate surface area is 73.3 Å². The molecule has 2 nitrogen and oxygen atoms in total. The fourth-order valence-corrected chi connectivity index (χ4v) is 2.35. The molecule has 2 fully saturated rings. The molecule has 2 atom stereocenters. The van der Waals surface area contributed by atoms with Crippen molar-refractivity contribution in [3.63, 3.8) is 0 Å². The molecule has 68 valence electrons. The van der Waals surface area contributed by atoms with Crippen LogP contribution in [-0.4, -0.2) is 19.0 Å². The van der Waals surface area contributed by atoms with Gasteiger partial charge in [-0.25, -0.2) is 0 Å². The maximum Gasteiger partial charge on any atom is 0.133 e. The second-order valence-electron chi connectivity index (χ2n) is 4.07. The van der Waals surface area contributed by atoms with E-state index in [4.69, 9.17) is 4.74 Å². The summed E-state index contributed by atoms with van der Waals surface area (Å²) in [6.45, 7) is 3.54. The molecule has 1 heterocycles. The van der Waals surface area contributed by atoms with Crippen LogP contribution in [0.25, 0.3) is 0 Å². The van der Waals surface area contributed by atoms with Crippen molar-refractivity contribution in [2.45, 2.75) is 26.2 Å². The first-order valence-electron chi connectivity index (χ1n) is 4.87. The zero-order valence-electron chi connectivity index (χ0n) is 7.58. The number of ketones is 1. The first-order valence-corrected chi connectivity index (χ1v) is 4.87. The van der Waals surface area contributed by atoms with Gasteiger partial charge in [0.05, 0.1) is 0 Å². The number of hydrogen-bond donors (Lipinski definition) is 0. The number of hydrogen-bond acceptors (Lipinski definition) is 2. The predicted octanol–water partition coefficient (Wildman–Crippen LogP) is 1.64. The standard InChI is InChI=1S/C10H16O2/c1-7(11)9-6-10(9)8-2-4-12-5-3-8/h8-10H,2-6H2,1H3. The molecule has 1 saturated heterocycles. The van der Waals surface area contributed by atoms with Crippen molar-refractivity contribution in [3.05, 3.63) is 0 Å². The molecule has 2 unspecified atom stereocenters. The van der Waals surface area contributed by atoms with Gasteiger partial charge in [-0.05, 0) is 38.0 Å². The van der Waals surface area contributed by atoms with Gasteiger partial charge in [-0.2, -0.15) is 0 Å². The summed E-state index contributed by atoms with van der Waals surface area (Å²) in [7, 11) is 0. The molecular weight excluding hydrogens is 152 g/mol. The van der Waals surface area contributed by atoms with E-state index < -0.39 is 0 Å². The van der Waals surface area contributed by atoms with Crippen LogP contribution in [0.5, 0.6) is 0 Å². The summed E-state index contributed by atoms with van der Waals surface area (Å²) < 4.78 is 5.29. The quantitative estimate of drug-likeness (QED) is 0.626. The van der Waals surface area contributed by atoms with Crippen molar-refractivity contribution in [2.75, 3.05) is 13.2 Å². The Morgan fingerprint density at radius 2 is 2.00 bits per heavy atom. The van der Waals surface area contributed by atoms with Crippen molar-refractivity contribution < 1.29 is 9.53 Å². The van der Waals surface area contributed by atoms with Crippen LogP contribution in [0.4, 0.5) is 0 Å². The van der Waals surface area contributed by atoms with E-state index in [0.717, 1.165) is 25.6 Å². The molecule has 0 radical (unpaired) electrons. The lowest BCUT2D eigenvalue weighted by Gasteiger charge is -2.21. The van der Waals surface area contributed by atoms with Crippen molar-refractivity contribution in [1.82, 2.24) is 0 Å². The predicted molar refractivity (Wildman–Crippen MR) is 45.8 cm³/mol. The van der Waals surface area contributed by atoms with Gasteiger partial charge in [0.2, 0.25) is 0 Å². The molecule has 0 aromatic rings. The second-order valence-corrected chi connectivity index (χ2v) is 4.07. The Morgan fingerprint density at radius 1 is 1.33 bits per heavy atom. The number of carbonyl (C=O) groups excluding carboxylic acids is 1. The molecule has 0 bridgehead atoms. The minimum atomic E-state index is 0.395. The smallest absolute Gasteiger partial charge is 0.133 e. The highest BCUT2D eigenvalue weighted by Gasteiger charge is 2.45. The highest BCUT2D eigenvalue weighted by Crippen LogP contribution is 2.47. The highest BCUT2D eigenvalue weighted by molar-refractivity contribution is 5.81.